The van der Waals surface area contributed by atoms with Crippen molar-refractivity contribution < 1.29 is 19.4 Å². The highest BCUT2D eigenvalue weighted by Crippen LogP contribution is 2.30. The van der Waals surface area contributed by atoms with E-state index in [0.29, 0.717) is 18.8 Å². The van der Waals surface area contributed by atoms with Crippen molar-refractivity contribution in [2.45, 2.75) is 6.42 Å². The van der Waals surface area contributed by atoms with Gasteiger partial charge in [0.15, 0.2) is 11.5 Å². The lowest BCUT2D eigenvalue weighted by molar-refractivity contribution is -0.140. The molecule has 1 saturated heterocycles. The summed E-state index contributed by atoms with van der Waals surface area (Å²) in [5.41, 5.74) is 0.997. The van der Waals surface area contributed by atoms with Crippen LogP contribution in [0.5, 0.6) is 11.5 Å². The third-order valence-electron chi connectivity index (χ3n) is 3.05. The number of phenolic OH excluding ortho intramolecular Hbond substituents is 1. The molecule has 1 aliphatic rings. The minimum absolute atomic E-state index is 0.0942. The van der Waals surface area contributed by atoms with Crippen LogP contribution in [0.25, 0.3) is 0 Å². The Morgan fingerprint density at radius 1 is 1.59 bits per heavy atom. The van der Waals surface area contributed by atoms with E-state index in [0.717, 1.165) is 5.56 Å². The van der Waals surface area contributed by atoms with Gasteiger partial charge in [-0.15, -0.1) is 0 Å². The largest absolute Gasteiger partial charge is 0.504 e. The van der Waals surface area contributed by atoms with Crippen LogP contribution in [-0.2, 0) is 16.0 Å². The van der Waals surface area contributed by atoms with Gasteiger partial charge in [-0.25, -0.2) is 0 Å². The number of benzene rings is 1. The van der Waals surface area contributed by atoms with Crippen LogP contribution in [0.3, 0.4) is 0 Å². The Morgan fingerprint density at radius 3 is 2.94 bits per heavy atom. The first-order valence-corrected chi connectivity index (χ1v) is 5.47. The van der Waals surface area contributed by atoms with Crippen LogP contribution in [0, 0.1) is 18.8 Å². The van der Waals surface area contributed by atoms with Crippen LogP contribution in [-0.4, -0.2) is 24.8 Å². The Kier molecular flexibility index (Phi) is 3.22. The van der Waals surface area contributed by atoms with Gasteiger partial charge in [0.2, 0.25) is 0 Å². The van der Waals surface area contributed by atoms with Crippen molar-refractivity contribution >= 4 is 5.97 Å². The van der Waals surface area contributed by atoms with Crippen LogP contribution < -0.4 is 4.74 Å². The summed E-state index contributed by atoms with van der Waals surface area (Å²) in [6.45, 7) is 4.21. The van der Waals surface area contributed by atoms with Gasteiger partial charge in [-0.3, -0.25) is 4.79 Å². The van der Waals surface area contributed by atoms with Gasteiger partial charge >= 0.3 is 5.97 Å². The molecule has 4 heteroatoms. The summed E-state index contributed by atoms with van der Waals surface area (Å²) >= 11 is 0. The second-order valence-electron chi connectivity index (χ2n) is 4.21. The first kappa shape index (κ1) is 11.8. The van der Waals surface area contributed by atoms with Crippen LogP contribution in [0.15, 0.2) is 18.2 Å². The maximum Gasteiger partial charge on any atom is 0.309 e. The zero-order chi connectivity index (χ0) is 12.4. The molecule has 1 aliphatic heterocycles. The van der Waals surface area contributed by atoms with Gasteiger partial charge < -0.3 is 14.6 Å². The van der Waals surface area contributed by atoms with Crippen molar-refractivity contribution in [1.82, 2.24) is 0 Å². The van der Waals surface area contributed by atoms with Crippen molar-refractivity contribution in [2.75, 3.05) is 13.7 Å². The van der Waals surface area contributed by atoms with E-state index in [1.54, 1.807) is 12.1 Å². The third kappa shape index (κ3) is 2.35. The van der Waals surface area contributed by atoms with E-state index in [1.807, 2.05) is 6.07 Å². The summed E-state index contributed by atoms with van der Waals surface area (Å²) in [6, 6.07) is 5.17. The van der Waals surface area contributed by atoms with E-state index in [1.165, 1.54) is 7.11 Å². The SMILES string of the molecule is [CH2]C1C(=O)OCC1Cc1ccc(O)c(OC)c1. The molecule has 0 bridgehead atoms. The number of rotatable bonds is 3. The molecule has 1 heterocycles. The predicted octanol–water partition coefficient (Wildman–Crippen LogP) is 1.57. The molecular weight excluding hydrogens is 220 g/mol. The normalized spacial score (nSPS) is 23.5. The van der Waals surface area contributed by atoms with E-state index in [2.05, 4.69) is 6.92 Å². The first-order chi connectivity index (χ1) is 8.11. The minimum atomic E-state index is -0.310. The summed E-state index contributed by atoms with van der Waals surface area (Å²) < 4.78 is 9.98. The number of cyclic esters (lactones) is 1. The van der Waals surface area contributed by atoms with Crippen LogP contribution >= 0.6 is 0 Å². The fourth-order valence-corrected chi connectivity index (χ4v) is 1.96. The maximum absolute atomic E-state index is 11.2. The van der Waals surface area contributed by atoms with E-state index in [9.17, 15) is 9.90 Å². The molecule has 0 saturated carbocycles. The highest BCUT2D eigenvalue weighted by Gasteiger charge is 2.33. The summed E-state index contributed by atoms with van der Waals surface area (Å²) in [5, 5.41) is 9.47. The number of carbonyl (C=O) groups is 1. The van der Waals surface area contributed by atoms with Crippen molar-refractivity contribution in [2.24, 2.45) is 11.8 Å². The fourth-order valence-electron chi connectivity index (χ4n) is 1.96. The summed E-state index contributed by atoms with van der Waals surface area (Å²) in [4.78, 5) is 11.2. The average molecular weight is 235 g/mol. The number of ether oxygens (including phenoxy) is 2. The molecule has 1 fully saturated rings. The number of carbonyl (C=O) groups excluding carboxylic acids is 1. The predicted molar refractivity (Wildman–Crippen MR) is 61.7 cm³/mol. The molecule has 0 amide bonds. The highest BCUT2D eigenvalue weighted by molar-refractivity contribution is 5.75. The highest BCUT2D eigenvalue weighted by atomic mass is 16.5. The summed E-state index contributed by atoms with van der Waals surface area (Å²) in [6.07, 6.45) is 0.691. The number of methoxy groups -OCH3 is 1. The molecule has 0 aliphatic carbocycles. The van der Waals surface area contributed by atoms with Gasteiger partial charge in [0.25, 0.3) is 0 Å². The molecule has 2 atom stereocenters. The van der Waals surface area contributed by atoms with Gasteiger partial charge in [0.05, 0.1) is 19.6 Å². The lowest BCUT2D eigenvalue weighted by atomic mass is 9.90. The molecule has 0 spiro atoms. The maximum atomic E-state index is 11.2. The topological polar surface area (TPSA) is 55.8 Å². The van der Waals surface area contributed by atoms with Crippen molar-refractivity contribution in [3.8, 4) is 11.5 Å². The first-order valence-electron chi connectivity index (χ1n) is 5.47. The zero-order valence-corrected chi connectivity index (χ0v) is 9.68. The van der Waals surface area contributed by atoms with Crippen molar-refractivity contribution in [3.63, 3.8) is 0 Å². The van der Waals surface area contributed by atoms with E-state index in [-0.39, 0.29) is 23.6 Å². The molecule has 17 heavy (non-hydrogen) atoms. The average Bonchev–Trinajstić information content (AvgIpc) is 2.63. The molecule has 2 unspecified atom stereocenters. The Balaban J connectivity index is 2.11. The van der Waals surface area contributed by atoms with Crippen molar-refractivity contribution in [3.05, 3.63) is 30.7 Å². The van der Waals surface area contributed by atoms with E-state index < -0.39 is 0 Å². The standard InChI is InChI=1S/C13H15O4/c1-8-10(7-17-13(8)15)5-9-3-4-11(14)12(6-9)16-2/h3-4,6,8,10,14H,1,5,7H2,2H3. The molecule has 1 aromatic carbocycles. The molecule has 2 rings (SSSR count). The van der Waals surface area contributed by atoms with E-state index >= 15 is 0 Å². The number of aromatic hydroxyl groups is 1. The second-order valence-corrected chi connectivity index (χ2v) is 4.21. The second kappa shape index (κ2) is 4.65. The van der Waals surface area contributed by atoms with Crippen LogP contribution in [0.4, 0.5) is 0 Å². The summed E-state index contributed by atoms with van der Waals surface area (Å²) in [5.74, 6) is 0.0989. The summed E-state index contributed by atoms with van der Waals surface area (Å²) in [7, 11) is 1.51. The molecule has 4 nitrogen and oxygen atoms in total. The van der Waals surface area contributed by atoms with Gasteiger partial charge in [-0.05, 0) is 31.0 Å². The number of hydrogen-bond donors (Lipinski definition) is 1. The monoisotopic (exact) mass is 235 g/mol. The smallest absolute Gasteiger partial charge is 0.309 e. The Morgan fingerprint density at radius 2 is 2.35 bits per heavy atom. The van der Waals surface area contributed by atoms with Crippen LogP contribution in [0.2, 0.25) is 0 Å². The third-order valence-corrected chi connectivity index (χ3v) is 3.05. The Bertz CT molecular complexity index is 427. The lowest BCUT2D eigenvalue weighted by Gasteiger charge is -2.12. The molecular formula is C13H15O4. The van der Waals surface area contributed by atoms with Gasteiger partial charge in [-0.1, -0.05) is 6.07 Å². The molecule has 1 N–H and O–H groups in total. The molecule has 0 aromatic heterocycles. The Labute approximate surface area is 100 Å². The Hall–Kier alpha value is -1.71. The number of esters is 1. The zero-order valence-electron chi connectivity index (χ0n) is 9.68. The van der Waals surface area contributed by atoms with E-state index in [4.69, 9.17) is 9.47 Å². The molecule has 1 aromatic rings. The van der Waals surface area contributed by atoms with Gasteiger partial charge in [0.1, 0.15) is 0 Å². The van der Waals surface area contributed by atoms with Crippen molar-refractivity contribution in [1.29, 1.82) is 0 Å². The molecule has 1 radical (unpaired) electrons. The van der Waals surface area contributed by atoms with Gasteiger partial charge in [-0.2, -0.15) is 0 Å². The van der Waals surface area contributed by atoms with Gasteiger partial charge in [0, 0.05) is 5.92 Å². The minimum Gasteiger partial charge on any atom is -0.504 e. The number of hydrogen-bond acceptors (Lipinski definition) is 4. The fraction of sp³-hybridized carbons (Fsp3) is 0.385. The number of phenols is 1. The quantitative estimate of drug-likeness (QED) is 0.808. The molecule has 91 valence electrons. The van der Waals surface area contributed by atoms with Crippen LogP contribution in [0.1, 0.15) is 5.56 Å². The lowest BCUT2D eigenvalue weighted by Crippen LogP contribution is -2.14.